The molecule has 3 aliphatic rings. The fraction of sp³-hybridized carbons (Fsp3) is 0.565. The third kappa shape index (κ3) is 3.95. The lowest BCUT2D eigenvalue weighted by atomic mass is 9.76. The van der Waals surface area contributed by atoms with Crippen LogP contribution in [-0.2, 0) is 19.1 Å². The van der Waals surface area contributed by atoms with E-state index in [1.54, 1.807) is 7.11 Å². The molecule has 1 fully saturated rings. The molecule has 4 atom stereocenters. The van der Waals surface area contributed by atoms with Gasteiger partial charge in [0.15, 0.2) is 11.5 Å². The van der Waals surface area contributed by atoms with Gasteiger partial charge in [0.2, 0.25) is 0 Å². The van der Waals surface area contributed by atoms with E-state index in [4.69, 9.17) is 9.47 Å². The topological polar surface area (TPSA) is 59.1 Å². The van der Waals surface area contributed by atoms with Crippen LogP contribution >= 0.6 is 15.9 Å². The van der Waals surface area contributed by atoms with Gasteiger partial charge in [0, 0.05) is 24.5 Å². The third-order valence-electron chi connectivity index (χ3n) is 6.42. The highest BCUT2D eigenvalue weighted by Gasteiger charge is 2.52. The molecule has 2 aliphatic heterocycles. The van der Waals surface area contributed by atoms with Crippen molar-refractivity contribution in [1.29, 1.82) is 0 Å². The summed E-state index contributed by atoms with van der Waals surface area (Å²) in [5.41, 5.74) is 1.49. The highest BCUT2D eigenvalue weighted by atomic mass is 79.9. The van der Waals surface area contributed by atoms with Gasteiger partial charge < -0.3 is 19.3 Å². The fourth-order valence-corrected chi connectivity index (χ4v) is 5.14. The lowest BCUT2D eigenvalue weighted by Crippen LogP contribution is -2.43. The van der Waals surface area contributed by atoms with E-state index >= 15 is 0 Å². The van der Waals surface area contributed by atoms with Gasteiger partial charge in [-0.2, -0.15) is 0 Å². The molecular formula is C23H29BrN2O4. The number of fused-ring (bicyclic) bond motifs is 1. The van der Waals surface area contributed by atoms with Crippen molar-refractivity contribution in [3.8, 4) is 0 Å². The molecule has 1 aromatic carbocycles. The summed E-state index contributed by atoms with van der Waals surface area (Å²) < 4.78 is 12.7. The largest absolute Gasteiger partial charge is 0.483 e. The number of carbonyl (C=O) groups is 2. The molecule has 30 heavy (non-hydrogen) atoms. The maximum atomic E-state index is 13.6. The maximum absolute atomic E-state index is 13.6. The van der Waals surface area contributed by atoms with Crippen LogP contribution in [0, 0.1) is 5.92 Å². The van der Waals surface area contributed by atoms with E-state index in [-0.39, 0.29) is 41.6 Å². The molecule has 0 aromatic heterocycles. The van der Waals surface area contributed by atoms with Gasteiger partial charge in [-0.1, -0.05) is 28.1 Å². The van der Waals surface area contributed by atoms with E-state index in [0.717, 1.165) is 35.8 Å². The summed E-state index contributed by atoms with van der Waals surface area (Å²) in [5.74, 6) is -0.0198. The van der Waals surface area contributed by atoms with Gasteiger partial charge in [-0.3, -0.25) is 9.59 Å². The number of hydrogen-bond donors (Lipinski definition) is 0. The Labute approximate surface area is 186 Å². The average Bonchev–Trinajstić information content (AvgIpc) is 3.00. The van der Waals surface area contributed by atoms with Crippen molar-refractivity contribution in [3.05, 3.63) is 45.6 Å². The van der Waals surface area contributed by atoms with E-state index in [1.165, 1.54) is 0 Å². The zero-order chi connectivity index (χ0) is 21.4. The number of amides is 1. The predicted molar refractivity (Wildman–Crippen MR) is 117 cm³/mol. The SMILES string of the molecule is COC1CCC2C(=O)C3=C(OC2C1)C(=O)N(CCCN(C)C)C3c1ccc(Br)cc1. The van der Waals surface area contributed by atoms with E-state index in [0.29, 0.717) is 18.5 Å². The van der Waals surface area contributed by atoms with Crippen molar-refractivity contribution in [1.82, 2.24) is 9.80 Å². The Morgan fingerprint density at radius 1 is 1.20 bits per heavy atom. The van der Waals surface area contributed by atoms with E-state index in [1.807, 2.05) is 43.3 Å². The Morgan fingerprint density at radius 2 is 1.93 bits per heavy atom. The zero-order valence-corrected chi connectivity index (χ0v) is 19.4. The van der Waals surface area contributed by atoms with E-state index in [9.17, 15) is 9.59 Å². The van der Waals surface area contributed by atoms with Crippen LogP contribution in [-0.4, -0.2) is 68.0 Å². The third-order valence-corrected chi connectivity index (χ3v) is 6.95. The fourth-order valence-electron chi connectivity index (χ4n) is 4.87. The number of benzene rings is 1. The predicted octanol–water partition coefficient (Wildman–Crippen LogP) is 3.32. The highest BCUT2D eigenvalue weighted by Crippen LogP contribution is 2.47. The summed E-state index contributed by atoms with van der Waals surface area (Å²) in [6.07, 6.45) is 2.88. The van der Waals surface area contributed by atoms with Gasteiger partial charge in [0.1, 0.15) is 6.10 Å². The molecule has 4 rings (SSSR count). The minimum atomic E-state index is -0.378. The molecule has 4 unspecified atom stereocenters. The van der Waals surface area contributed by atoms with Crippen LogP contribution in [0.4, 0.5) is 0 Å². The monoisotopic (exact) mass is 476 g/mol. The van der Waals surface area contributed by atoms with E-state index in [2.05, 4.69) is 20.8 Å². The van der Waals surface area contributed by atoms with Crippen LogP contribution in [0.25, 0.3) is 0 Å². The molecule has 0 bridgehead atoms. The number of ether oxygens (including phenoxy) is 2. The van der Waals surface area contributed by atoms with Crippen LogP contribution in [0.15, 0.2) is 40.1 Å². The van der Waals surface area contributed by atoms with E-state index < -0.39 is 0 Å². The Balaban J connectivity index is 1.68. The molecule has 162 valence electrons. The van der Waals surface area contributed by atoms with Gasteiger partial charge in [0.05, 0.1) is 23.6 Å². The molecule has 6 nitrogen and oxygen atoms in total. The van der Waals surface area contributed by atoms with Crippen molar-refractivity contribution in [2.45, 2.75) is 43.9 Å². The number of nitrogens with zero attached hydrogens (tertiary/aromatic N) is 2. The van der Waals surface area contributed by atoms with Gasteiger partial charge >= 0.3 is 0 Å². The van der Waals surface area contributed by atoms with Crippen LogP contribution in [0.5, 0.6) is 0 Å². The minimum Gasteiger partial charge on any atom is -0.483 e. The molecule has 1 amide bonds. The number of methoxy groups -OCH3 is 1. The summed E-state index contributed by atoms with van der Waals surface area (Å²) >= 11 is 3.48. The summed E-state index contributed by atoms with van der Waals surface area (Å²) in [7, 11) is 5.73. The number of rotatable bonds is 6. The highest BCUT2D eigenvalue weighted by molar-refractivity contribution is 9.10. The molecule has 7 heteroatoms. The maximum Gasteiger partial charge on any atom is 0.290 e. The van der Waals surface area contributed by atoms with Gasteiger partial charge in [-0.15, -0.1) is 0 Å². The summed E-state index contributed by atoms with van der Waals surface area (Å²) in [6.45, 7) is 1.45. The lowest BCUT2D eigenvalue weighted by Gasteiger charge is -2.38. The first-order valence-electron chi connectivity index (χ1n) is 10.6. The Hall–Kier alpha value is -1.70. The number of ketones is 1. The van der Waals surface area contributed by atoms with Crippen LogP contribution in [0.2, 0.25) is 0 Å². The van der Waals surface area contributed by atoms with Crippen LogP contribution in [0.3, 0.4) is 0 Å². The van der Waals surface area contributed by atoms with Crippen molar-refractivity contribution >= 4 is 27.6 Å². The van der Waals surface area contributed by atoms with Gasteiger partial charge in [-0.05, 0) is 57.6 Å². The Bertz CT molecular complexity index is 851. The number of hydrogen-bond acceptors (Lipinski definition) is 5. The first kappa shape index (κ1) is 21.5. The number of halogens is 1. The molecule has 1 aliphatic carbocycles. The van der Waals surface area contributed by atoms with Gasteiger partial charge in [0.25, 0.3) is 5.91 Å². The molecule has 0 spiro atoms. The average molecular weight is 477 g/mol. The molecule has 1 saturated carbocycles. The zero-order valence-electron chi connectivity index (χ0n) is 17.8. The minimum absolute atomic E-state index is 0.0761. The van der Waals surface area contributed by atoms with Crippen molar-refractivity contribution in [2.24, 2.45) is 5.92 Å². The Kier molecular flexibility index (Phi) is 6.32. The second-order valence-corrected chi connectivity index (χ2v) is 9.57. The molecule has 0 saturated heterocycles. The molecule has 1 aromatic rings. The molecule has 0 radical (unpaired) electrons. The second kappa shape index (κ2) is 8.81. The standard InChI is InChI=1S/C23H29BrN2O4/c1-25(2)11-4-12-26-20(14-5-7-15(24)8-6-14)19-21(27)17-10-9-16(29-3)13-18(17)30-22(19)23(26)28/h5-8,16-18,20H,4,9-13H2,1-3H3. The quantitative estimate of drug-likeness (QED) is 0.630. The second-order valence-electron chi connectivity index (χ2n) is 8.65. The van der Waals surface area contributed by atoms with Gasteiger partial charge in [-0.25, -0.2) is 0 Å². The summed E-state index contributed by atoms with van der Waals surface area (Å²) in [4.78, 5) is 30.9. The van der Waals surface area contributed by atoms with Crippen molar-refractivity contribution in [2.75, 3.05) is 34.3 Å². The number of Topliss-reactive ketones (excluding diaryl/α,β-unsaturated/α-hetero) is 1. The first-order valence-corrected chi connectivity index (χ1v) is 11.4. The molecular weight excluding hydrogens is 448 g/mol. The number of carbonyl (C=O) groups excluding carboxylic acids is 2. The summed E-state index contributed by atoms with van der Waals surface area (Å²) in [6, 6.07) is 7.50. The van der Waals surface area contributed by atoms with Crippen LogP contribution < -0.4 is 0 Å². The Morgan fingerprint density at radius 3 is 2.60 bits per heavy atom. The summed E-state index contributed by atoms with van der Waals surface area (Å²) in [5, 5.41) is 0. The normalized spacial score (nSPS) is 28.6. The molecule has 0 N–H and O–H groups in total. The lowest BCUT2D eigenvalue weighted by molar-refractivity contribution is -0.138. The van der Waals surface area contributed by atoms with Crippen molar-refractivity contribution < 1.29 is 19.1 Å². The first-order chi connectivity index (χ1) is 14.4. The van der Waals surface area contributed by atoms with Crippen LogP contribution in [0.1, 0.15) is 37.3 Å². The van der Waals surface area contributed by atoms with Crippen molar-refractivity contribution in [3.63, 3.8) is 0 Å². The smallest absolute Gasteiger partial charge is 0.290 e. The molecule has 2 heterocycles.